The third-order valence-corrected chi connectivity index (χ3v) is 2.28. The molecule has 0 fully saturated rings. The maximum atomic E-state index is 12.5. The second-order valence-corrected chi connectivity index (χ2v) is 5.34. The number of aromatic hydroxyl groups is 1. The Morgan fingerprint density at radius 3 is 2.33 bits per heavy atom. The highest BCUT2D eigenvalue weighted by molar-refractivity contribution is 5.85. The predicted molar refractivity (Wildman–Crippen MR) is 69.0 cm³/mol. The molecule has 3 N–H and O–H groups in total. The Morgan fingerprint density at radius 1 is 1.29 bits per heavy atom. The fourth-order valence-corrected chi connectivity index (χ4v) is 1.45. The van der Waals surface area contributed by atoms with Gasteiger partial charge in [-0.25, -0.2) is 4.79 Å². The highest BCUT2D eigenvalue weighted by Gasteiger charge is 2.40. The van der Waals surface area contributed by atoms with Crippen LogP contribution in [-0.4, -0.2) is 28.1 Å². The summed E-state index contributed by atoms with van der Waals surface area (Å²) in [6.07, 6.45) is -8.64. The normalized spacial score (nSPS) is 13.7. The van der Waals surface area contributed by atoms with Crippen molar-refractivity contribution < 1.29 is 32.9 Å². The lowest BCUT2D eigenvalue weighted by Crippen LogP contribution is -2.27. The summed E-state index contributed by atoms with van der Waals surface area (Å²) >= 11 is 0. The zero-order valence-corrected chi connectivity index (χ0v) is 11.7. The Bertz CT molecular complexity index is 523. The highest BCUT2D eigenvalue weighted by Crippen LogP contribution is 2.37. The van der Waals surface area contributed by atoms with Gasteiger partial charge in [0.25, 0.3) is 0 Å². The molecule has 8 heteroatoms. The summed E-state index contributed by atoms with van der Waals surface area (Å²) in [5.41, 5.74) is -1.56. The lowest BCUT2D eigenvalue weighted by atomic mass is 10.1. The predicted octanol–water partition coefficient (Wildman–Crippen LogP) is 3.33. The average Bonchev–Trinajstić information content (AvgIpc) is 2.27. The van der Waals surface area contributed by atoms with Crippen molar-refractivity contribution in [3.8, 4) is 5.75 Å². The van der Waals surface area contributed by atoms with Gasteiger partial charge >= 0.3 is 12.3 Å². The lowest BCUT2D eigenvalue weighted by Gasteiger charge is -2.20. The van der Waals surface area contributed by atoms with Crippen LogP contribution in [0.25, 0.3) is 0 Å². The Morgan fingerprint density at radius 2 is 1.86 bits per heavy atom. The molecule has 1 aromatic carbocycles. The quantitative estimate of drug-likeness (QED) is 0.732. The third kappa shape index (κ3) is 5.14. The first-order valence-electron chi connectivity index (χ1n) is 5.98. The van der Waals surface area contributed by atoms with E-state index < -0.39 is 35.3 Å². The van der Waals surface area contributed by atoms with Gasteiger partial charge in [-0.2, -0.15) is 13.2 Å². The summed E-state index contributed by atoms with van der Waals surface area (Å²) in [7, 11) is 0. The van der Waals surface area contributed by atoms with Gasteiger partial charge in [0.15, 0.2) is 6.10 Å². The van der Waals surface area contributed by atoms with Crippen molar-refractivity contribution in [2.75, 3.05) is 5.32 Å². The number of rotatable bonds is 2. The van der Waals surface area contributed by atoms with Gasteiger partial charge in [-0.1, -0.05) is 0 Å². The maximum Gasteiger partial charge on any atom is 0.418 e. The summed E-state index contributed by atoms with van der Waals surface area (Å²) in [6, 6.07) is 2.96. The molecule has 0 unspecified atom stereocenters. The summed E-state index contributed by atoms with van der Waals surface area (Å²) in [5, 5.41) is 20.8. The Hall–Kier alpha value is -1.96. The molecule has 0 aromatic heterocycles. The first kappa shape index (κ1) is 17.1. The molecule has 0 aliphatic rings. The molecule has 5 nitrogen and oxygen atoms in total. The molecular formula is C13H16F3NO4. The summed E-state index contributed by atoms with van der Waals surface area (Å²) in [5.74, 6) is -0.727. The van der Waals surface area contributed by atoms with Crippen LogP contribution in [0.2, 0.25) is 0 Å². The summed E-state index contributed by atoms with van der Waals surface area (Å²) < 4.78 is 42.3. The van der Waals surface area contributed by atoms with Gasteiger partial charge in [-0.05, 0) is 39.0 Å². The van der Waals surface area contributed by atoms with Gasteiger partial charge in [0.2, 0.25) is 0 Å². The summed E-state index contributed by atoms with van der Waals surface area (Å²) in [6.45, 7) is 4.88. The number of amides is 1. The molecule has 0 aliphatic heterocycles. The molecule has 1 rings (SSSR count). The van der Waals surface area contributed by atoms with E-state index in [-0.39, 0.29) is 5.69 Å². The molecule has 0 spiro atoms. The molecule has 0 saturated carbocycles. The molecular weight excluding hydrogens is 291 g/mol. The second-order valence-electron chi connectivity index (χ2n) is 5.34. The number of alkyl halides is 3. The van der Waals surface area contributed by atoms with Crippen LogP contribution in [-0.2, 0) is 4.74 Å². The van der Waals surface area contributed by atoms with Crippen LogP contribution in [0.1, 0.15) is 32.4 Å². The van der Waals surface area contributed by atoms with Crippen LogP contribution in [0.3, 0.4) is 0 Å². The van der Waals surface area contributed by atoms with Crippen molar-refractivity contribution in [1.29, 1.82) is 0 Å². The van der Waals surface area contributed by atoms with Crippen molar-refractivity contribution in [3.05, 3.63) is 23.8 Å². The van der Waals surface area contributed by atoms with E-state index in [2.05, 4.69) is 5.32 Å². The number of nitrogens with one attached hydrogen (secondary N) is 1. The van der Waals surface area contributed by atoms with Crippen molar-refractivity contribution >= 4 is 11.8 Å². The van der Waals surface area contributed by atoms with E-state index >= 15 is 0 Å². The van der Waals surface area contributed by atoms with E-state index in [4.69, 9.17) is 9.84 Å². The fraction of sp³-hybridized carbons (Fsp3) is 0.462. The molecule has 118 valence electrons. The number of ether oxygens (including phenoxy) is 1. The van der Waals surface area contributed by atoms with Gasteiger partial charge in [0.05, 0.1) is 0 Å². The number of halogens is 3. The Kier molecular flexibility index (Phi) is 4.72. The first-order chi connectivity index (χ1) is 9.40. The van der Waals surface area contributed by atoms with Crippen molar-refractivity contribution in [2.45, 2.75) is 38.7 Å². The fourth-order valence-electron chi connectivity index (χ4n) is 1.45. The molecule has 0 heterocycles. The van der Waals surface area contributed by atoms with Gasteiger partial charge in [-0.15, -0.1) is 0 Å². The van der Waals surface area contributed by atoms with Crippen molar-refractivity contribution in [1.82, 2.24) is 0 Å². The standard InChI is InChI=1S/C13H16F3NO4/c1-12(2,3)21-11(20)17-7-4-5-9(18)8(6-7)10(19)13(14,15)16/h4-6,10,18-19H,1-3H3,(H,17,20)/t10-/m0/s1. The second kappa shape index (κ2) is 5.80. The third-order valence-electron chi connectivity index (χ3n) is 2.28. The SMILES string of the molecule is CC(C)(C)OC(=O)Nc1ccc(O)c([C@H](O)C(F)(F)F)c1. The molecule has 0 bridgehead atoms. The monoisotopic (exact) mass is 307 g/mol. The number of carbonyl (C=O) groups is 1. The lowest BCUT2D eigenvalue weighted by molar-refractivity contribution is -0.207. The zero-order valence-electron chi connectivity index (χ0n) is 11.7. The number of carbonyl (C=O) groups excluding carboxylic acids is 1. The van der Waals surface area contributed by atoms with Gasteiger partial charge in [-0.3, -0.25) is 5.32 Å². The number of benzene rings is 1. The van der Waals surface area contributed by atoms with Crippen molar-refractivity contribution in [3.63, 3.8) is 0 Å². The van der Waals surface area contributed by atoms with Crippen molar-refractivity contribution in [2.24, 2.45) is 0 Å². The smallest absolute Gasteiger partial charge is 0.418 e. The van der Waals surface area contributed by atoms with Crippen LogP contribution in [0.15, 0.2) is 18.2 Å². The maximum absolute atomic E-state index is 12.5. The van der Waals surface area contributed by atoms with E-state index in [9.17, 15) is 23.1 Å². The minimum Gasteiger partial charge on any atom is -0.508 e. The molecule has 0 radical (unpaired) electrons. The van der Waals surface area contributed by atoms with E-state index in [0.29, 0.717) is 0 Å². The van der Waals surface area contributed by atoms with Crippen LogP contribution in [0.4, 0.5) is 23.7 Å². The van der Waals surface area contributed by atoms with Gasteiger partial charge < -0.3 is 14.9 Å². The van der Waals surface area contributed by atoms with Crippen LogP contribution < -0.4 is 5.32 Å². The summed E-state index contributed by atoms with van der Waals surface area (Å²) in [4.78, 5) is 11.5. The van der Waals surface area contributed by atoms with E-state index in [1.165, 1.54) is 6.07 Å². The number of anilines is 1. The average molecular weight is 307 g/mol. The highest BCUT2D eigenvalue weighted by atomic mass is 19.4. The number of hydrogen-bond donors (Lipinski definition) is 3. The zero-order chi connectivity index (χ0) is 16.4. The van der Waals surface area contributed by atoms with Crippen LogP contribution in [0.5, 0.6) is 5.75 Å². The number of phenols is 1. The molecule has 1 amide bonds. The van der Waals surface area contributed by atoms with Crippen LogP contribution in [0, 0.1) is 0 Å². The molecule has 0 aliphatic carbocycles. The largest absolute Gasteiger partial charge is 0.508 e. The molecule has 1 aromatic rings. The minimum atomic E-state index is -4.93. The van der Waals surface area contributed by atoms with E-state index in [0.717, 1.165) is 12.1 Å². The number of hydrogen-bond acceptors (Lipinski definition) is 4. The number of phenolic OH excluding ortho intramolecular Hbond substituents is 1. The Labute approximate surface area is 119 Å². The molecule has 21 heavy (non-hydrogen) atoms. The Balaban J connectivity index is 2.95. The van der Waals surface area contributed by atoms with E-state index in [1.807, 2.05) is 0 Å². The molecule has 1 atom stereocenters. The minimum absolute atomic E-state index is 0.0413. The van der Waals surface area contributed by atoms with Gasteiger partial charge in [0, 0.05) is 11.3 Å². The number of aliphatic hydroxyl groups is 1. The van der Waals surface area contributed by atoms with Crippen LogP contribution >= 0.6 is 0 Å². The molecule has 0 saturated heterocycles. The topological polar surface area (TPSA) is 78.8 Å². The number of aliphatic hydroxyl groups excluding tert-OH is 1. The first-order valence-corrected chi connectivity index (χ1v) is 5.98. The van der Waals surface area contributed by atoms with Gasteiger partial charge in [0.1, 0.15) is 11.4 Å². The van der Waals surface area contributed by atoms with E-state index in [1.54, 1.807) is 20.8 Å².